The number of rotatable bonds is 24. The van der Waals surface area contributed by atoms with Crippen LogP contribution in [0.2, 0.25) is 0 Å². The van der Waals surface area contributed by atoms with Gasteiger partial charge in [-0.15, -0.1) is 6.12 Å². The Bertz CT molecular complexity index is 625. The smallest absolute Gasteiger partial charge is 0.682 e. The molecule has 0 bridgehead atoms. The molecule has 204 valence electrons. The minimum absolute atomic E-state index is 0. The van der Waals surface area contributed by atoms with E-state index in [4.69, 9.17) is 29.0 Å². The normalized spacial score (nSPS) is 11.5. The van der Waals surface area contributed by atoms with Crippen LogP contribution in [0.3, 0.4) is 0 Å². The first-order valence-corrected chi connectivity index (χ1v) is 18.4. The molecule has 0 aliphatic carbocycles. The molecule has 0 heterocycles. The molecule has 0 unspecified atom stereocenters. The van der Waals surface area contributed by atoms with Gasteiger partial charge in [-0.1, -0.05) is 142 Å². The average Bonchev–Trinajstić information content (AvgIpc) is 2.82. The molecule has 1 aromatic carbocycles. The van der Waals surface area contributed by atoms with Crippen LogP contribution in [0.15, 0.2) is 18.2 Å². The van der Waals surface area contributed by atoms with Gasteiger partial charge in [-0.25, -0.2) is 0 Å². The fourth-order valence-corrected chi connectivity index (χ4v) is 5.71. The topological polar surface area (TPSA) is 32.3 Å². The van der Waals surface area contributed by atoms with Gasteiger partial charge in [0.1, 0.15) is 0 Å². The molecule has 0 fully saturated rings. The first-order chi connectivity index (χ1) is 17.0. The molecule has 1 aromatic rings. The quantitative estimate of drug-likeness (QED) is 0.0508. The molecule has 1 rings (SSSR count). The van der Waals surface area contributed by atoms with Crippen LogP contribution in [0.25, 0.3) is 0 Å². The van der Waals surface area contributed by atoms with E-state index >= 15 is 0 Å². The van der Waals surface area contributed by atoms with Crippen molar-refractivity contribution in [2.75, 3.05) is 0 Å². The molecule has 0 saturated carbocycles. The van der Waals surface area contributed by atoms with Crippen molar-refractivity contribution in [3.8, 4) is 5.75 Å². The van der Waals surface area contributed by atoms with Gasteiger partial charge >= 0.3 is 19.5 Å². The minimum atomic E-state index is -3.38. The van der Waals surface area contributed by atoms with Crippen molar-refractivity contribution in [2.24, 2.45) is 0 Å². The SMILES string of the molecule is CCCCCCCCCCCCc1ccc(O[P+]([O-])([S-])[S-])c(CCCCCCCCCCCC)c1.[Zn+2]. The number of unbranched alkanes of at least 4 members (excludes halogenated alkanes) is 18. The molecule has 0 saturated heterocycles. The second kappa shape index (κ2) is 24.8. The molecule has 0 aliphatic heterocycles. The van der Waals surface area contributed by atoms with Crippen molar-refractivity contribution in [1.82, 2.24) is 0 Å². The van der Waals surface area contributed by atoms with Crippen molar-refractivity contribution < 1.29 is 28.9 Å². The Morgan fingerprint density at radius 2 is 1.00 bits per heavy atom. The predicted octanol–water partition coefficient (Wildman–Crippen LogP) is 10.1. The van der Waals surface area contributed by atoms with E-state index in [1.807, 2.05) is 6.07 Å². The third-order valence-corrected chi connectivity index (χ3v) is 7.82. The Morgan fingerprint density at radius 3 is 1.42 bits per heavy atom. The van der Waals surface area contributed by atoms with Crippen LogP contribution in [-0.2, 0) is 56.8 Å². The molecular weight excluding hydrogens is 553 g/mol. The van der Waals surface area contributed by atoms with Crippen LogP contribution in [0.5, 0.6) is 5.75 Å². The van der Waals surface area contributed by atoms with Crippen LogP contribution >= 0.6 is 6.12 Å². The zero-order valence-corrected chi connectivity index (χ0v) is 29.1. The van der Waals surface area contributed by atoms with Crippen LogP contribution in [0, 0.1) is 0 Å². The standard InChI is InChI=1S/C30H55O2PS2.Zn/c1-3-5-7-9-11-13-15-17-19-21-23-28-25-26-30(32-33(31,34)35)29(27-28)24-22-20-18-16-14-12-10-8-6-4-2;/h25-27H,3-24H2,1-2H3,(H2,31,34,35);/q;+2/p-2. The van der Waals surface area contributed by atoms with E-state index in [2.05, 4.69) is 26.0 Å². The summed E-state index contributed by atoms with van der Waals surface area (Å²) in [6.07, 6.45) is 25.5. The zero-order valence-electron chi connectivity index (χ0n) is 23.6. The number of hydrogen-bond acceptors (Lipinski definition) is 4. The largest absolute Gasteiger partial charge is 2.00 e. The Balaban J connectivity index is 0.0000122. The van der Waals surface area contributed by atoms with E-state index in [1.54, 1.807) is 0 Å². The van der Waals surface area contributed by atoms with E-state index in [9.17, 15) is 4.89 Å². The van der Waals surface area contributed by atoms with Crippen LogP contribution in [0.4, 0.5) is 0 Å². The van der Waals surface area contributed by atoms with Crippen molar-refractivity contribution >= 4 is 30.6 Å². The van der Waals surface area contributed by atoms with E-state index in [1.165, 1.54) is 128 Å². The third kappa shape index (κ3) is 21.6. The van der Waals surface area contributed by atoms with Gasteiger partial charge in [-0.2, -0.15) is 0 Å². The summed E-state index contributed by atoms with van der Waals surface area (Å²) < 4.78 is 5.52. The van der Waals surface area contributed by atoms with Gasteiger partial charge in [0.25, 0.3) is 0 Å². The summed E-state index contributed by atoms with van der Waals surface area (Å²) in [5.41, 5.74) is 2.48. The van der Waals surface area contributed by atoms with Crippen LogP contribution < -0.4 is 9.42 Å². The Morgan fingerprint density at radius 1 is 0.611 bits per heavy atom. The van der Waals surface area contributed by atoms with Gasteiger partial charge in [0.2, 0.25) is 0 Å². The summed E-state index contributed by atoms with van der Waals surface area (Å²) in [5, 5.41) is 0. The molecule has 0 N–H and O–H groups in total. The van der Waals surface area contributed by atoms with Gasteiger partial charge in [-0.3, -0.25) is 0 Å². The number of benzene rings is 1. The monoisotopic (exact) mass is 604 g/mol. The Labute approximate surface area is 248 Å². The molecule has 0 atom stereocenters. The zero-order chi connectivity index (χ0) is 25.6. The maximum absolute atomic E-state index is 11.9. The van der Waals surface area contributed by atoms with E-state index < -0.39 is 6.12 Å². The van der Waals surface area contributed by atoms with Crippen molar-refractivity contribution in [3.63, 3.8) is 0 Å². The van der Waals surface area contributed by atoms with Crippen LogP contribution in [-0.4, -0.2) is 0 Å². The van der Waals surface area contributed by atoms with Crippen molar-refractivity contribution in [3.05, 3.63) is 29.3 Å². The number of hydrogen-bond donors (Lipinski definition) is 0. The van der Waals surface area contributed by atoms with E-state index in [-0.39, 0.29) is 19.5 Å². The van der Waals surface area contributed by atoms with Crippen LogP contribution in [0.1, 0.15) is 153 Å². The summed E-state index contributed by atoms with van der Waals surface area (Å²) in [7, 11) is 0. The molecule has 0 amide bonds. The fraction of sp³-hybridized carbons (Fsp3) is 0.800. The predicted molar refractivity (Wildman–Crippen MR) is 160 cm³/mol. The Kier molecular flexibility index (Phi) is 25.3. The molecule has 0 radical (unpaired) electrons. The summed E-state index contributed by atoms with van der Waals surface area (Å²) in [6.45, 7) is 4.55. The van der Waals surface area contributed by atoms with E-state index in [0.717, 1.165) is 24.8 Å². The van der Waals surface area contributed by atoms with Gasteiger partial charge in [-0.05, 0) is 42.9 Å². The fourth-order valence-electron chi connectivity index (χ4n) is 4.81. The third-order valence-electron chi connectivity index (χ3n) is 6.95. The summed E-state index contributed by atoms with van der Waals surface area (Å²) in [4.78, 5) is 11.9. The van der Waals surface area contributed by atoms with Crippen molar-refractivity contribution in [2.45, 2.75) is 155 Å². The first-order valence-electron chi connectivity index (χ1n) is 14.8. The summed E-state index contributed by atoms with van der Waals surface area (Å²) in [6, 6.07) is 6.30. The molecule has 2 nitrogen and oxygen atoms in total. The molecular formula is C30H53O2PS2Zn. The molecule has 0 aromatic heterocycles. The van der Waals surface area contributed by atoms with Gasteiger partial charge in [0.05, 0.1) is 0 Å². The summed E-state index contributed by atoms with van der Waals surface area (Å²) in [5.74, 6) is 0.640. The maximum atomic E-state index is 11.9. The average molecular weight is 606 g/mol. The first kappa shape index (κ1) is 36.7. The minimum Gasteiger partial charge on any atom is -0.682 e. The molecule has 36 heavy (non-hydrogen) atoms. The number of aryl methyl sites for hydroxylation is 2. The second-order valence-corrected chi connectivity index (χ2v) is 15.0. The van der Waals surface area contributed by atoms with Crippen molar-refractivity contribution in [1.29, 1.82) is 0 Å². The molecule has 0 aliphatic rings. The maximum Gasteiger partial charge on any atom is 2.00 e. The second-order valence-electron chi connectivity index (χ2n) is 10.3. The van der Waals surface area contributed by atoms with E-state index in [0.29, 0.717) is 5.75 Å². The summed E-state index contributed by atoms with van der Waals surface area (Å²) >= 11 is 9.76. The molecule has 6 heteroatoms. The van der Waals surface area contributed by atoms with Gasteiger partial charge in [0.15, 0.2) is 5.75 Å². The molecule has 0 spiro atoms. The van der Waals surface area contributed by atoms with Gasteiger partial charge < -0.3 is 33.9 Å². The Hall–Kier alpha value is 0.733. The van der Waals surface area contributed by atoms with Gasteiger partial charge in [0, 0.05) is 0 Å².